The second-order valence-corrected chi connectivity index (χ2v) is 21.6. The van der Waals surface area contributed by atoms with Crippen LogP contribution < -0.4 is 0 Å². The lowest BCUT2D eigenvalue weighted by Crippen LogP contribution is -2.66. The fourth-order valence-electron chi connectivity index (χ4n) is 11.9. The van der Waals surface area contributed by atoms with Crippen molar-refractivity contribution in [1.82, 2.24) is 0 Å². The standard InChI is InChI=1S/C48H78O28/c49-13-27-32(56)36(60)40(64)45(72-27)69-24-11-20(53)10-23-21(24)12-26(43(68-23)18-3-5-19(52)6-4-18)71-48-44(39(63)34(58)29(15-51)74-48)76-47-42(66)38(62)35(59)30(75-47)16-67-31(55)8-2-17-1-7-22(54)25(9-17)70-46-41(65)37(61)33(57)28(14-50)73-46/h2,8,17-30,32-54,56-66H,1,3-7,9-16H2. The first kappa shape index (κ1) is 60.3. The van der Waals surface area contributed by atoms with E-state index in [1.54, 1.807) is 0 Å². The number of fused-ring (bicyclic) bond motifs is 1. The third-order valence-corrected chi connectivity index (χ3v) is 16.5. The van der Waals surface area contributed by atoms with Gasteiger partial charge in [-0.1, -0.05) is 6.08 Å². The molecule has 0 radical (unpaired) electrons. The second-order valence-electron chi connectivity index (χ2n) is 21.6. The Morgan fingerprint density at radius 3 is 1.53 bits per heavy atom. The van der Waals surface area contributed by atoms with Crippen LogP contribution in [0.15, 0.2) is 12.2 Å². The summed E-state index contributed by atoms with van der Waals surface area (Å²) in [6.07, 6.45) is -35.6. The minimum Gasteiger partial charge on any atom is -0.460 e. The molecule has 0 aromatic carbocycles. The average Bonchev–Trinajstić information content (AvgIpc) is 3.41. The lowest BCUT2D eigenvalue weighted by Gasteiger charge is -2.52. The summed E-state index contributed by atoms with van der Waals surface area (Å²) in [6.45, 7) is -2.94. The van der Waals surface area contributed by atoms with E-state index in [4.69, 9.17) is 47.4 Å². The molecule has 8 rings (SSSR count). The average molecular weight is 1100 g/mol. The maximum absolute atomic E-state index is 13.0. The highest BCUT2D eigenvalue weighted by Gasteiger charge is 2.56. The predicted molar refractivity (Wildman–Crippen MR) is 245 cm³/mol. The van der Waals surface area contributed by atoms with Gasteiger partial charge in [-0.15, -0.1) is 0 Å². The van der Waals surface area contributed by atoms with E-state index in [0.29, 0.717) is 32.1 Å². The van der Waals surface area contributed by atoms with Gasteiger partial charge in [-0.2, -0.15) is 0 Å². The fourth-order valence-corrected chi connectivity index (χ4v) is 11.9. The van der Waals surface area contributed by atoms with E-state index in [1.807, 2.05) is 0 Å². The lowest BCUT2D eigenvalue weighted by molar-refractivity contribution is -0.380. The number of ether oxygens (including phenoxy) is 10. The molecule has 3 saturated carbocycles. The van der Waals surface area contributed by atoms with Gasteiger partial charge in [0.05, 0.1) is 68.7 Å². The third kappa shape index (κ3) is 13.4. The minimum absolute atomic E-state index is 0.00785. The molecule has 76 heavy (non-hydrogen) atoms. The number of hydrogen-bond donors (Lipinski definition) is 17. The molecule has 5 heterocycles. The van der Waals surface area contributed by atoms with Crippen molar-refractivity contribution in [3.63, 3.8) is 0 Å². The zero-order valence-electron chi connectivity index (χ0n) is 41.5. The van der Waals surface area contributed by atoms with Gasteiger partial charge in [-0.25, -0.2) is 4.79 Å². The first-order valence-corrected chi connectivity index (χ1v) is 26.3. The number of hydrogen-bond acceptors (Lipinski definition) is 28. The van der Waals surface area contributed by atoms with Gasteiger partial charge in [0, 0.05) is 18.4 Å². The molecular weight excluding hydrogens is 1020 g/mol. The van der Waals surface area contributed by atoms with Crippen LogP contribution in [0, 0.1) is 17.8 Å². The Kier molecular flexibility index (Phi) is 20.9. The van der Waals surface area contributed by atoms with Gasteiger partial charge in [-0.3, -0.25) is 0 Å². The van der Waals surface area contributed by atoms with E-state index in [0.717, 1.165) is 6.08 Å². The van der Waals surface area contributed by atoms with E-state index in [-0.39, 0.29) is 38.0 Å². The zero-order chi connectivity index (χ0) is 54.9. The van der Waals surface area contributed by atoms with Gasteiger partial charge in [0.15, 0.2) is 25.2 Å². The molecule has 0 bridgehead atoms. The lowest BCUT2D eigenvalue weighted by atomic mass is 9.73. The molecule has 28 nitrogen and oxygen atoms in total. The molecule has 17 N–H and O–H groups in total. The summed E-state index contributed by atoms with van der Waals surface area (Å²) < 4.78 is 59.7. The van der Waals surface area contributed by atoms with Gasteiger partial charge in [0.25, 0.3) is 0 Å². The van der Waals surface area contributed by atoms with Crippen LogP contribution in [0.2, 0.25) is 0 Å². The van der Waals surface area contributed by atoms with E-state index >= 15 is 0 Å². The molecule has 438 valence electrons. The summed E-state index contributed by atoms with van der Waals surface area (Å²) in [5.41, 5.74) is 0. The highest BCUT2D eigenvalue weighted by molar-refractivity contribution is 5.81. The molecule has 8 fully saturated rings. The highest BCUT2D eigenvalue weighted by Crippen LogP contribution is 2.45. The monoisotopic (exact) mass is 1100 g/mol. The predicted octanol–water partition coefficient (Wildman–Crippen LogP) is -7.89. The Bertz CT molecular complexity index is 1840. The van der Waals surface area contributed by atoms with Crippen molar-refractivity contribution in [2.24, 2.45) is 17.8 Å². The minimum atomic E-state index is -2.03. The van der Waals surface area contributed by atoms with Crippen molar-refractivity contribution in [2.75, 3.05) is 26.4 Å². The van der Waals surface area contributed by atoms with Crippen molar-refractivity contribution in [1.29, 1.82) is 0 Å². The Hall–Kier alpha value is -1.83. The topological polar surface area (TPSA) is 453 Å². The molecule has 0 aromatic rings. The van der Waals surface area contributed by atoms with Crippen LogP contribution in [0.1, 0.15) is 64.2 Å². The Morgan fingerprint density at radius 2 is 0.947 bits per heavy atom. The summed E-state index contributed by atoms with van der Waals surface area (Å²) >= 11 is 0. The van der Waals surface area contributed by atoms with E-state index < -0.39 is 216 Å². The van der Waals surface area contributed by atoms with Crippen LogP contribution in [0.4, 0.5) is 0 Å². The van der Waals surface area contributed by atoms with Crippen molar-refractivity contribution >= 4 is 5.97 Å². The molecule has 3 aliphatic carbocycles. The molecule has 29 atom stereocenters. The summed E-state index contributed by atoms with van der Waals surface area (Å²) in [4.78, 5) is 13.0. The first-order valence-electron chi connectivity index (χ1n) is 26.3. The van der Waals surface area contributed by atoms with E-state index in [1.165, 1.54) is 6.08 Å². The number of allylic oxidation sites excluding steroid dienone is 1. The fraction of sp³-hybridized carbons (Fsp3) is 0.938. The molecule has 8 aliphatic rings. The molecule has 29 unspecified atom stereocenters. The SMILES string of the molecule is O=C(C=CC1CCC(O)C(OC2OC(CO)C(O)C(O)C2O)C1)OCC1OC(OC2C(OC3CC4C(OC5OC(CO)C(O)C(O)C5O)CC(O)CC4OC3C3CCC(O)CC3)OC(CO)C(O)C2O)C(O)C(O)C1O. The number of esters is 1. The normalized spacial score (nSPS) is 51.5. The van der Waals surface area contributed by atoms with Crippen molar-refractivity contribution in [2.45, 2.75) is 236 Å². The molecular formula is C48H78O28. The van der Waals surface area contributed by atoms with Gasteiger partial charge < -0.3 is 134 Å². The van der Waals surface area contributed by atoms with Crippen LogP contribution in [0.3, 0.4) is 0 Å². The number of rotatable bonds is 16. The summed E-state index contributed by atoms with van der Waals surface area (Å²) in [5, 5.41) is 180. The van der Waals surface area contributed by atoms with Gasteiger partial charge in [0.1, 0.15) is 104 Å². The van der Waals surface area contributed by atoms with Gasteiger partial charge in [-0.05, 0) is 69.6 Å². The molecule has 5 saturated heterocycles. The molecule has 0 spiro atoms. The quantitative estimate of drug-likeness (QED) is 0.0504. The smallest absolute Gasteiger partial charge is 0.330 e. The van der Waals surface area contributed by atoms with Crippen molar-refractivity contribution in [3.8, 4) is 0 Å². The van der Waals surface area contributed by atoms with Crippen molar-refractivity contribution < 1.29 is 139 Å². The summed E-state index contributed by atoms with van der Waals surface area (Å²) in [6, 6.07) is 0. The molecule has 0 amide bonds. The van der Waals surface area contributed by atoms with Crippen LogP contribution >= 0.6 is 0 Å². The van der Waals surface area contributed by atoms with Crippen molar-refractivity contribution in [3.05, 3.63) is 12.2 Å². The number of aliphatic hydroxyl groups excluding tert-OH is 17. The third-order valence-electron chi connectivity index (χ3n) is 16.5. The highest BCUT2D eigenvalue weighted by atomic mass is 16.8. The van der Waals surface area contributed by atoms with Gasteiger partial charge in [0.2, 0.25) is 0 Å². The number of aliphatic hydroxyl groups is 17. The van der Waals surface area contributed by atoms with Crippen LogP contribution in [-0.4, -0.2) is 291 Å². The van der Waals surface area contributed by atoms with E-state index in [2.05, 4.69) is 0 Å². The molecule has 5 aliphatic heterocycles. The van der Waals surface area contributed by atoms with Gasteiger partial charge >= 0.3 is 5.97 Å². The first-order chi connectivity index (χ1) is 36.2. The Balaban J connectivity index is 0.941. The second kappa shape index (κ2) is 26.4. The Labute approximate surface area is 436 Å². The van der Waals surface area contributed by atoms with Crippen LogP contribution in [0.25, 0.3) is 0 Å². The number of carbonyl (C=O) groups is 1. The molecule has 0 aromatic heterocycles. The maximum Gasteiger partial charge on any atom is 0.330 e. The number of carbonyl (C=O) groups excluding carboxylic acids is 1. The largest absolute Gasteiger partial charge is 0.460 e. The molecule has 28 heteroatoms. The zero-order valence-corrected chi connectivity index (χ0v) is 41.5. The van der Waals surface area contributed by atoms with Crippen LogP contribution in [0.5, 0.6) is 0 Å². The Morgan fingerprint density at radius 1 is 0.447 bits per heavy atom. The van der Waals surface area contributed by atoms with E-state index in [9.17, 15) is 91.6 Å². The maximum atomic E-state index is 13.0. The van der Waals surface area contributed by atoms with Crippen LogP contribution in [-0.2, 0) is 52.2 Å². The summed E-state index contributed by atoms with van der Waals surface area (Å²) in [7, 11) is 0. The summed E-state index contributed by atoms with van der Waals surface area (Å²) in [5.74, 6) is -2.22.